The summed E-state index contributed by atoms with van der Waals surface area (Å²) in [6, 6.07) is 9.07. The average molecular weight is 572 g/mol. The molecule has 0 radical (unpaired) electrons. The molecule has 0 unspecified atom stereocenters. The van der Waals surface area contributed by atoms with E-state index < -0.39 is 44.6 Å². The molecule has 2 nitrogen and oxygen atoms in total. The molecule has 9 heteroatoms. The summed E-state index contributed by atoms with van der Waals surface area (Å²) >= 11 is -4.85. The molecule has 0 spiro atoms. The van der Waals surface area contributed by atoms with Crippen LogP contribution in [0.1, 0.15) is 37.8 Å². The van der Waals surface area contributed by atoms with Crippen LogP contribution in [-0.2, 0) is 33.5 Å². The Hall–Kier alpha value is -2.54. The van der Waals surface area contributed by atoms with Crippen LogP contribution in [0.3, 0.4) is 0 Å². The molecule has 2 aliphatic rings. The molecule has 0 atom stereocenters. The Balaban J connectivity index is 1.89. The molecule has 35 heavy (non-hydrogen) atoms. The van der Waals surface area contributed by atoms with Crippen LogP contribution in [0, 0.1) is 0 Å². The van der Waals surface area contributed by atoms with Crippen LogP contribution in [0.5, 0.6) is 11.5 Å². The normalized spacial score (nSPS) is 16.5. The van der Waals surface area contributed by atoms with Gasteiger partial charge in [-0.2, -0.15) is 0 Å². The summed E-state index contributed by atoms with van der Waals surface area (Å²) in [6.45, 7) is 3.71. The van der Waals surface area contributed by atoms with E-state index in [9.17, 15) is 26.3 Å². The van der Waals surface area contributed by atoms with Gasteiger partial charge < -0.3 is 0 Å². The summed E-state index contributed by atoms with van der Waals surface area (Å²) in [7, 11) is 0. The number of rotatable bonds is 6. The monoisotopic (exact) mass is 570 g/mol. The van der Waals surface area contributed by atoms with Crippen molar-refractivity contribution >= 4 is 0 Å². The van der Waals surface area contributed by atoms with Crippen molar-refractivity contribution in [3.63, 3.8) is 0 Å². The van der Waals surface area contributed by atoms with E-state index in [0.29, 0.717) is 12.8 Å². The fourth-order valence-electron chi connectivity index (χ4n) is 4.27. The summed E-state index contributed by atoms with van der Waals surface area (Å²) in [5.41, 5.74) is -0.0431. The molecule has 2 aliphatic carbocycles. The van der Waals surface area contributed by atoms with Crippen molar-refractivity contribution in [2.24, 2.45) is 0 Å². The maximum absolute atomic E-state index is 13.4. The molecule has 0 fully saturated rings. The second kappa shape index (κ2) is 9.49. The summed E-state index contributed by atoms with van der Waals surface area (Å²) in [5, 5.41) is 0. The predicted molar refractivity (Wildman–Crippen MR) is 117 cm³/mol. The van der Waals surface area contributed by atoms with Gasteiger partial charge in [0.2, 0.25) is 0 Å². The third-order valence-electron chi connectivity index (χ3n) is 5.97. The molecule has 0 N–H and O–H groups in total. The molecule has 2 aromatic rings. The number of hydrogen-bond acceptors (Lipinski definition) is 2. The molecule has 0 amide bonds. The minimum atomic E-state index is -4.85. The van der Waals surface area contributed by atoms with Crippen molar-refractivity contribution in [2.75, 3.05) is 0 Å². The van der Waals surface area contributed by atoms with Gasteiger partial charge in [0.1, 0.15) is 0 Å². The van der Waals surface area contributed by atoms with Gasteiger partial charge in [-0.05, 0) is 0 Å². The summed E-state index contributed by atoms with van der Waals surface area (Å²) < 4.78 is 95.1. The predicted octanol–water partition coefficient (Wildman–Crippen LogP) is 8.63. The zero-order valence-corrected chi connectivity index (χ0v) is 21.4. The van der Waals surface area contributed by atoms with Gasteiger partial charge in [-0.25, -0.2) is 0 Å². The van der Waals surface area contributed by atoms with Gasteiger partial charge >= 0.3 is 205 Å². The molecule has 0 aliphatic heterocycles. The van der Waals surface area contributed by atoms with Crippen molar-refractivity contribution in [3.05, 3.63) is 102 Å². The van der Waals surface area contributed by atoms with E-state index in [-0.39, 0.29) is 11.5 Å². The molecule has 0 heterocycles. The topological polar surface area (TPSA) is 18.5 Å². The molecule has 0 saturated carbocycles. The number of benzene rings is 2. The maximum atomic E-state index is 13.4. The molecule has 0 aromatic heterocycles. The number of allylic oxidation sites excluding steroid dienone is 8. The summed E-state index contributed by atoms with van der Waals surface area (Å²) in [6.07, 6.45) is -0.678. The van der Waals surface area contributed by atoms with Gasteiger partial charge in [0.15, 0.2) is 0 Å². The van der Waals surface area contributed by atoms with Gasteiger partial charge in [0.05, 0.1) is 0 Å². The average Bonchev–Trinajstić information content (AvgIpc) is 3.41. The number of alkyl halides is 6. The summed E-state index contributed by atoms with van der Waals surface area (Å²) in [4.78, 5) is 0. The zero-order valence-electron chi connectivity index (χ0n) is 18.9. The Morgan fingerprint density at radius 2 is 1.06 bits per heavy atom. The first-order valence-corrected chi connectivity index (χ1v) is 15.3. The van der Waals surface area contributed by atoms with Crippen LogP contribution in [-0.4, -0.2) is 0 Å². The molecule has 184 valence electrons. The van der Waals surface area contributed by atoms with Crippen LogP contribution < -0.4 is 5.63 Å². The fourth-order valence-corrected chi connectivity index (χ4v) is 13.6. The first kappa shape index (κ1) is 25.6. The standard InChI is InChI=1S/2C7H5F3O.2C6H7.Zr/c2*8-7(9,10)5-2-1-3-6(11)4-5;2*1-6-4-2-3-5-6;/h2*1-4,11H;2*2,4H,3H2,1H3;/q;;;;+2/p-2. The molecule has 0 bridgehead atoms. The Labute approximate surface area is 204 Å². The van der Waals surface area contributed by atoms with E-state index in [1.165, 1.54) is 24.3 Å². The van der Waals surface area contributed by atoms with E-state index in [0.717, 1.165) is 42.0 Å². The Morgan fingerprint density at radius 3 is 1.37 bits per heavy atom. The molecule has 2 aromatic carbocycles. The van der Waals surface area contributed by atoms with Crippen LogP contribution in [0.15, 0.2) is 90.5 Å². The van der Waals surface area contributed by atoms with E-state index >= 15 is 0 Å². The van der Waals surface area contributed by atoms with Crippen LogP contribution in [0.25, 0.3) is 0 Å². The number of hydrogen-bond donors (Lipinski definition) is 0. The SMILES string of the molecule is CC1=[C]([Zr]([O]c2cccc(C(F)(F)F)c2)([O]c2cccc(C(F)(F)F)c2)[C]2=C(C)C=CC2)CC=C1. The van der Waals surface area contributed by atoms with Crippen molar-refractivity contribution in [1.29, 1.82) is 0 Å². The van der Waals surface area contributed by atoms with Crippen LogP contribution in [0.4, 0.5) is 26.3 Å². The van der Waals surface area contributed by atoms with Crippen molar-refractivity contribution < 1.29 is 53.1 Å². The van der Waals surface area contributed by atoms with Gasteiger partial charge in [-0.3, -0.25) is 0 Å². The third-order valence-corrected chi connectivity index (χ3v) is 15.4. The van der Waals surface area contributed by atoms with Gasteiger partial charge in [-0.15, -0.1) is 0 Å². The first-order chi connectivity index (χ1) is 16.4. The van der Waals surface area contributed by atoms with Crippen molar-refractivity contribution in [3.8, 4) is 11.5 Å². The van der Waals surface area contributed by atoms with Crippen LogP contribution >= 0.6 is 0 Å². The molecular weight excluding hydrogens is 549 g/mol. The van der Waals surface area contributed by atoms with Gasteiger partial charge in [0, 0.05) is 0 Å². The first-order valence-electron chi connectivity index (χ1n) is 10.9. The second-order valence-corrected chi connectivity index (χ2v) is 15.4. The van der Waals surface area contributed by atoms with Crippen molar-refractivity contribution in [1.82, 2.24) is 0 Å². The van der Waals surface area contributed by atoms with Gasteiger partial charge in [-0.1, -0.05) is 0 Å². The quantitative estimate of drug-likeness (QED) is 0.323. The Kier molecular flexibility index (Phi) is 6.93. The molecular formula is C26H22F6O2Zr. The summed E-state index contributed by atoms with van der Waals surface area (Å²) in [5.74, 6) is -0.0519. The van der Waals surface area contributed by atoms with E-state index in [4.69, 9.17) is 5.63 Å². The van der Waals surface area contributed by atoms with E-state index in [1.807, 2.05) is 38.2 Å². The third kappa shape index (κ3) is 5.35. The molecule has 0 saturated heterocycles. The van der Waals surface area contributed by atoms with Gasteiger partial charge in [0.25, 0.3) is 0 Å². The minimum absolute atomic E-state index is 0.0259. The van der Waals surface area contributed by atoms with Crippen LogP contribution in [0.2, 0.25) is 0 Å². The molecule has 4 rings (SSSR count). The fraction of sp³-hybridized carbons (Fsp3) is 0.231. The zero-order chi connectivity index (χ0) is 25.4. The number of halogens is 6. The van der Waals surface area contributed by atoms with E-state index in [1.54, 1.807) is 0 Å². The Morgan fingerprint density at radius 1 is 0.657 bits per heavy atom. The Bertz CT molecular complexity index is 1150. The second-order valence-electron chi connectivity index (χ2n) is 8.41. The van der Waals surface area contributed by atoms with Crippen molar-refractivity contribution in [2.45, 2.75) is 39.0 Å². The van der Waals surface area contributed by atoms with E-state index in [2.05, 4.69) is 0 Å².